The number of carbonyl (C=O) groups excluding carboxylic acids is 2. The van der Waals surface area contributed by atoms with E-state index < -0.39 is 0 Å². The second-order valence-electron chi connectivity index (χ2n) is 4.43. The van der Waals surface area contributed by atoms with Crippen LogP contribution in [0.4, 0.5) is 5.95 Å². The molecule has 1 fully saturated rings. The maximum atomic E-state index is 11.8. The van der Waals surface area contributed by atoms with E-state index in [2.05, 4.69) is 16.5 Å². The third-order valence-electron chi connectivity index (χ3n) is 3.08. The number of hydrogen-bond donors (Lipinski definition) is 0. The second-order valence-corrected chi connectivity index (χ2v) is 4.43. The number of ketones is 1. The molecule has 5 heteroatoms. The predicted octanol–water partition coefficient (Wildman–Crippen LogP) is 1.53. The molecule has 1 aromatic rings. The first-order valence-electron chi connectivity index (χ1n) is 5.80. The van der Waals surface area contributed by atoms with Crippen LogP contribution in [-0.4, -0.2) is 28.2 Å². The topological polar surface area (TPSA) is 63.2 Å². The van der Waals surface area contributed by atoms with Crippen molar-refractivity contribution in [3.05, 3.63) is 30.1 Å². The van der Waals surface area contributed by atoms with Crippen LogP contribution in [0.3, 0.4) is 0 Å². The van der Waals surface area contributed by atoms with E-state index in [0.29, 0.717) is 30.2 Å². The molecule has 1 aliphatic rings. The Morgan fingerprint density at radius 3 is 2.83 bits per heavy atom. The fourth-order valence-corrected chi connectivity index (χ4v) is 2.02. The summed E-state index contributed by atoms with van der Waals surface area (Å²) < 4.78 is 0. The Balaban J connectivity index is 2.30. The summed E-state index contributed by atoms with van der Waals surface area (Å²) in [5, 5.41) is 0. The SMILES string of the molecule is C=CC1CC(=O)N(c2ncc(C(C)=O)c(C)n2)C1. The first-order chi connectivity index (χ1) is 8.52. The van der Waals surface area contributed by atoms with Gasteiger partial charge in [0, 0.05) is 25.1 Å². The molecule has 0 aliphatic carbocycles. The van der Waals surface area contributed by atoms with Crippen molar-refractivity contribution < 1.29 is 9.59 Å². The van der Waals surface area contributed by atoms with Crippen molar-refractivity contribution in [3.8, 4) is 0 Å². The van der Waals surface area contributed by atoms with Gasteiger partial charge in [-0.15, -0.1) is 6.58 Å². The van der Waals surface area contributed by atoms with Crippen molar-refractivity contribution in [2.45, 2.75) is 20.3 Å². The Bertz CT molecular complexity index is 525. The second kappa shape index (κ2) is 4.68. The van der Waals surface area contributed by atoms with Gasteiger partial charge in [0.25, 0.3) is 0 Å². The molecule has 1 aromatic heterocycles. The van der Waals surface area contributed by atoms with Gasteiger partial charge >= 0.3 is 0 Å². The molecule has 0 radical (unpaired) electrons. The minimum Gasteiger partial charge on any atom is -0.294 e. The molecule has 1 amide bonds. The van der Waals surface area contributed by atoms with Crippen molar-refractivity contribution in [1.82, 2.24) is 9.97 Å². The van der Waals surface area contributed by atoms with Gasteiger partial charge in [0.15, 0.2) is 5.78 Å². The average Bonchev–Trinajstić information content (AvgIpc) is 2.70. The van der Waals surface area contributed by atoms with Crippen LogP contribution in [0.25, 0.3) is 0 Å². The van der Waals surface area contributed by atoms with E-state index in [1.54, 1.807) is 17.9 Å². The van der Waals surface area contributed by atoms with Crippen LogP contribution in [-0.2, 0) is 4.79 Å². The number of aryl methyl sites for hydroxylation is 1. The average molecular weight is 245 g/mol. The number of anilines is 1. The lowest BCUT2D eigenvalue weighted by molar-refractivity contribution is -0.117. The van der Waals surface area contributed by atoms with Crippen molar-refractivity contribution in [1.29, 1.82) is 0 Å². The summed E-state index contributed by atoms with van der Waals surface area (Å²) >= 11 is 0. The van der Waals surface area contributed by atoms with Crippen LogP contribution >= 0.6 is 0 Å². The summed E-state index contributed by atoms with van der Waals surface area (Å²) in [5.41, 5.74) is 1.09. The maximum absolute atomic E-state index is 11.8. The smallest absolute Gasteiger partial charge is 0.232 e. The fraction of sp³-hybridized carbons (Fsp3) is 0.385. The zero-order chi connectivity index (χ0) is 13.3. The third-order valence-corrected chi connectivity index (χ3v) is 3.08. The van der Waals surface area contributed by atoms with Crippen molar-refractivity contribution >= 4 is 17.6 Å². The van der Waals surface area contributed by atoms with E-state index >= 15 is 0 Å². The van der Waals surface area contributed by atoms with Gasteiger partial charge < -0.3 is 0 Å². The summed E-state index contributed by atoms with van der Waals surface area (Å²) in [4.78, 5) is 33.0. The van der Waals surface area contributed by atoms with Crippen molar-refractivity contribution in [2.75, 3.05) is 11.4 Å². The lowest BCUT2D eigenvalue weighted by Crippen LogP contribution is -2.27. The van der Waals surface area contributed by atoms with E-state index in [1.807, 2.05) is 0 Å². The normalized spacial score (nSPS) is 19.1. The van der Waals surface area contributed by atoms with E-state index in [9.17, 15) is 9.59 Å². The van der Waals surface area contributed by atoms with E-state index in [1.165, 1.54) is 13.1 Å². The van der Waals surface area contributed by atoms with E-state index in [0.717, 1.165) is 0 Å². The number of hydrogen-bond acceptors (Lipinski definition) is 4. The molecule has 18 heavy (non-hydrogen) atoms. The highest BCUT2D eigenvalue weighted by Gasteiger charge is 2.30. The largest absolute Gasteiger partial charge is 0.294 e. The highest BCUT2D eigenvalue weighted by Crippen LogP contribution is 2.23. The molecule has 0 aromatic carbocycles. The minimum absolute atomic E-state index is 0.00475. The lowest BCUT2D eigenvalue weighted by Gasteiger charge is -2.14. The van der Waals surface area contributed by atoms with E-state index in [-0.39, 0.29) is 17.6 Å². The molecule has 5 nitrogen and oxygen atoms in total. The fourth-order valence-electron chi connectivity index (χ4n) is 2.02. The Morgan fingerprint density at radius 1 is 1.61 bits per heavy atom. The van der Waals surface area contributed by atoms with Gasteiger partial charge in [-0.3, -0.25) is 14.5 Å². The number of amides is 1. The molecule has 0 saturated carbocycles. The minimum atomic E-state index is -0.0734. The maximum Gasteiger partial charge on any atom is 0.232 e. The van der Waals surface area contributed by atoms with Crippen LogP contribution in [0.2, 0.25) is 0 Å². The molecule has 94 valence electrons. The standard InChI is InChI=1S/C13H15N3O2/c1-4-10-5-12(18)16(7-10)13-14-6-11(9(3)17)8(2)15-13/h4,6,10H,1,5,7H2,2-3H3. The van der Waals surface area contributed by atoms with Gasteiger partial charge in [0.05, 0.1) is 11.3 Å². The Morgan fingerprint density at radius 2 is 2.33 bits per heavy atom. The molecular weight excluding hydrogens is 230 g/mol. The zero-order valence-corrected chi connectivity index (χ0v) is 10.5. The molecule has 2 rings (SSSR count). The van der Waals surface area contributed by atoms with Gasteiger partial charge in [-0.2, -0.15) is 0 Å². The summed E-state index contributed by atoms with van der Waals surface area (Å²) in [7, 11) is 0. The third kappa shape index (κ3) is 2.16. The van der Waals surface area contributed by atoms with Gasteiger partial charge in [-0.05, 0) is 13.8 Å². The molecule has 0 N–H and O–H groups in total. The number of Topliss-reactive ketones (excluding diaryl/α,β-unsaturated/α-hetero) is 1. The summed E-state index contributed by atoms with van der Waals surface area (Å²) in [6.45, 7) is 7.47. The monoisotopic (exact) mass is 245 g/mol. The van der Waals surface area contributed by atoms with Crippen LogP contribution in [0, 0.1) is 12.8 Å². The van der Waals surface area contributed by atoms with Crippen LogP contribution in [0.15, 0.2) is 18.9 Å². The molecular formula is C13H15N3O2. The number of nitrogens with zero attached hydrogens (tertiary/aromatic N) is 3. The lowest BCUT2D eigenvalue weighted by atomic mass is 10.1. The Kier molecular flexibility index (Phi) is 3.23. The van der Waals surface area contributed by atoms with Gasteiger partial charge in [0.2, 0.25) is 11.9 Å². The highest BCUT2D eigenvalue weighted by atomic mass is 16.2. The first kappa shape index (κ1) is 12.4. The number of carbonyl (C=O) groups is 2. The summed E-state index contributed by atoms with van der Waals surface area (Å²) in [5.74, 6) is 0.436. The summed E-state index contributed by atoms with van der Waals surface area (Å²) in [6, 6.07) is 0. The molecule has 2 heterocycles. The van der Waals surface area contributed by atoms with Crippen molar-refractivity contribution in [3.63, 3.8) is 0 Å². The molecule has 1 aliphatic heterocycles. The first-order valence-corrected chi connectivity index (χ1v) is 5.80. The summed E-state index contributed by atoms with van der Waals surface area (Å²) in [6.07, 6.45) is 3.70. The molecule has 0 spiro atoms. The van der Waals surface area contributed by atoms with Crippen molar-refractivity contribution in [2.24, 2.45) is 5.92 Å². The van der Waals surface area contributed by atoms with Gasteiger partial charge in [-0.25, -0.2) is 9.97 Å². The Labute approximate surface area is 106 Å². The highest BCUT2D eigenvalue weighted by molar-refractivity contribution is 5.96. The predicted molar refractivity (Wildman–Crippen MR) is 67.4 cm³/mol. The van der Waals surface area contributed by atoms with Gasteiger partial charge in [-0.1, -0.05) is 6.08 Å². The zero-order valence-electron chi connectivity index (χ0n) is 10.5. The van der Waals surface area contributed by atoms with Gasteiger partial charge in [0.1, 0.15) is 0 Å². The Hall–Kier alpha value is -2.04. The van der Waals surface area contributed by atoms with Crippen LogP contribution < -0.4 is 4.90 Å². The molecule has 1 unspecified atom stereocenters. The van der Waals surface area contributed by atoms with E-state index in [4.69, 9.17) is 0 Å². The molecule has 1 saturated heterocycles. The quantitative estimate of drug-likeness (QED) is 0.598. The number of rotatable bonds is 3. The van der Waals surface area contributed by atoms with Crippen LogP contribution in [0.5, 0.6) is 0 Å². The molecule has 0 bridgehead atoms. The molecule has 1 atom stereocenters. The van der Waals surface area contributed by atoms with Crippen LogP contribution in [0.1, 0.15) is 29.4 Å². The number of aromatic nitrogens is 2.